The highest BCUT2D eigenvalue weighted by Gasteiger charge is 2.44. The van der Waals surface area contributed by atoms with Crippen molar-refractivity contribution in [3.05, 3.63) is 65.7 Å². The lowest BCUT2D eigenvalue weighted by Gasteiger charge is -2.36. The first-order valence-corrected chi connectivity index (χ1v) is 8.32. The molecular formula is C19H22ClF3N2O. The van der Waals surface area contributed by atoms with Crippen molar-refractivity contribution in [2.75, 3.05) is 26.2 Å². The molecule has 0 bridgehead atoms. The van der Waals surface area contributed by atoms with Crippen molar-refractivity contribution in [2.45, 2.75) is 18.8 Å². The van der Waals surface area contributed by atoms with Crippen LogP contribution in [0.25, 0.3) is 0 Å². The third-order valence-electron chi connectivity index (χ3n) is 4.27. The van der Waals surface area contributed by atoms with E-state index in [-0.39, 0.29) is 18.0 Å². The van der Waals surface area contributed by atoms with Gasteiger partial charge in [-0.2, -0.15) is 13.2 Å². The number of hydrogen-bond donors (Lipinski definition) is 1. The maximum Gasteiger partial charge on any atom is 0.408 e. The Morgan fingerprint density at radius 1 is 0.962 bits per heavy atom. The molecule has 26 heavy (non-hydrogen) atoms. The fourth-order valence-electron chi connectivity index (χ4n) is 3.03. The van der Waals surface area contributed by atoms with Crippen molar-refractivity contribution in [3.63, 3.8) is 0 Å². The Bertz CT molecular complexity index is 659. The first-order chi connectivity index (χ1) is 12.0. The quantitative estimate of drug-likeness (QED) is 0.833. The van der Waals surface area contributed by atoms with Crippen LogP contribution in [0.2, 0.25) is 0 Å². The summed E-state index contributed by atoms with van der Waals surface area (Å²) in [5, 5.41) is 3.08. The van der Waals surface area contributed by atoms with E-state index in [4.69, 9.17) is 4.74 Å². The summed E-state index contributed by atoms with van der Waals surface area (Å²) in [5.74, 6) is 0.564. The zero-order valence-corrected chi connectivity index (χ0v) is 15.0. The summed E-state index contributed by atoms with van der Waals surface area (Å²) in [6.45, 7) is 2.31. The normalized spacial score (nSPS) is 16.6. The number of nitrogens with zero attached hydrogens (tertiary/aromatic N) is 1. The van der Waals surface area contributed by atoms with Crippen LogP contribution in [-0.4, -0.2) is 37.3 Å². The van der Waals surface area contributed by atoms with Crippen LogP contribution in [0.1, 0.15) is 17.2 Å². The lowest BCUT2D eigenvalue weighted by atomic mass is 10.0. The lowest BCUT2D eigenvalue weighted by molar-refractivity contribution is -0.187. The summed E-state index contributed by atoms with van der Waals surface area (Å²) in [7, 11) is 0. The number of nitrogens with one attached hydrogen (secondary N) is 1. The van der Waals surface area contributed by atoms with Gasteiger partial charge in [0, 0.05) is 26.2 Å². The monoisotopic (exact) mass is 386 g/mol. The van der Waals surface area contributed by atoms with Crippen LogP contribution in [0.15, 0.2) is 54.6 Å². The molecule has 1 aliphatic heterocycles. The average molecular weight is 387 g/mol. The fraction of sp³-hybridized carbons (Fsp3) is 0.368. The second-order valence-electron chi connectivity index (χ2n) is 6.07. The van der Waals surface area contributed by atoms with E-state index in [1.165, 1.54) is 17.0 Å². The van der Waals surface area contributed by atoms with E-state index in [2.05, 4.69) is 5.32 Å². The lowest BCUT2D eigenvalue weighted by Crippen LogP contribution is -2.49. The van der Waals surface area contributed by atoms with Crippen molar-refractivity contribution < 1.29 is 17.9 Å². The third kappa shape index (κ3) is 5.37. The Kier molecular flexibility index (Phi) is 7.32. The maximum atomic E-state index is 13.6. The van der Waals surface area contributed by atoms with E-state index < -0.39 is 12.2 Å². The molecule has 3 nitrogen and oxygen atoms in total. The molecule has 2 aromatic rings. The van der Waals surface area contributed by atoms with Crippen LogP contribution in [0.4, 0.5) is 13.2 Å². The predicted molar refractivity (Wildman–Crippen MR) is 97.7 cm³/mol. The van der Waals surface area contributed by atoms with Crippen LogP contribution in [0, 0.1) is 0 Å². The van der Waals surface area contributed by atoms with Gasteiger partial charge in [-0.3, -0.25) is 4.90 Å². The van der Waals surface area contributed by atoms with E-state index in [0.29, 0.717) is 38.5 Å². The molecule has 1 heterocycles. The second kappa shape index (κ2) is 9.26. The molecule has 1 N–H and O–H groups in total. The van der Waals surface area contributed by atoms with Gasteiger partial charge in [0.15, 0.2) is 0 Å². The highest BCUT2D eigenvalue weighted by Crippen LogP contribution is 2.38. The molecule has 142 valence electrons. The zero-order valence-electron chi connectivity index (χ0n) is 14.2. The minimum atomic E-state index is -4.30. The van der Waals surface area contributed by atoms with Crippen molar-refractivity contribution in [2.24, 2.45) is 0 Å². The molecular weight excluding hydrogens is 365 g/mol. The summed E-state index contributed by atoms with van der Waals surface area (Å²) in [5.41, 5.74) is 1.27. The highest BCUT2D eigenvalue weighted by atomic mass is 35.5. The van der Waals surface area contributed by atoms with Gasteiger partial charge in [0.05, 0.1) is 0 Å². The van der Waals surface area contributed by atoms with Crippen molar-refractivity contribution in [3.8, 4) is 5.75 Å². The minimum Gasteiger partial charge on any atom is -0.489 e. The second-order valence-corrected chi connectivity index (χ2v) is 6.07. The molecule has 0 saturated carbocycles. The maximum absolute atomic E-state index is 13.6. The zero-order chi connectivity index (χ0) is 17.7. The molecule has 1 aliphatic rings. The van der Waals surface area contributed by atoms with E-state index in [9.17, 15) is 13.2 Å². The van der Waals surface area contributed by atoms with Gasteiger partial charge in [0.2, 0.25) is 0 Å². The number of ether oxygens (including phenoxy) is 1. The molecule has 0 amide bonds. The van der Waals surface area contributed by atoms with E-state index >= 15 is 0 Å². The molecule has 0 aromatic heterocycles. The average Bonchev–Trinajstić information content (AvgIpc) is 2.62. The van der Waals surface area contributed by atoms with Crippen LogP contribution < -0.4 is 10.1 Å². The topological polar surface area (TPSA) is 24.5 Å². The van der Waals surface area contributed by atoms with Crippen LogP contribution >= 0.6 is 12.4 Å². The molecule has 0 radical (unpaired) electrons. The summed E-state index contributed by atoms with van der Waals surface area (Å²) in [4.78, 5) is 1.48. The fourth-order valence-corrected chi connectivity index (χ4v) is 3.03. The first-order valence-electron chi connectivity index (χ1n) is 8.32. The van der Waals surface area contributed by atoms with Gasteiger partial charge in [-0.25, -0.2) is 0 Å². The molecule has 1 saturated heterocycles. The number of hydrogen-bond acceptors (Lipinski definition) is 3. The third-order valence-corrected chi connectivity index (χ3v) is 4.27. The van der Waals surface area contributed by atoms with Crippen molar-refractivity contribution in [1.82, 2.24) is 10.2 Å². The summed E-state index contributed by atoms with van der Waals surface area (Å²) in [6.07, 6.45) is -4.30. The van der Waals surface area contributed by atoms with Crippen molar-refractivity contribution in [1.29, 1.82) is 0 Å². The Morgan fingerprint density at radius 3 is 2.15 bits per heavy atom. The number of rotatable bonds is 5. The molecule has 0 aliphatic carbocycles. The largest absolute Gasteiger partial charge is 0.489 e. The predicted octanol–water partition coefficient (Wildman–Crippen LogP) is 4.20. The molecule has 1 fully saturated rings. The molecule has 1 atom stereocenters. The van der Waals surface area contributed by atoms with Gasteiger partial charge >= 0.3 is 6.18 Å². The molecule has 2 aromatic carbocycles. The SMILES string of the molecule is Cl.FC(F)(F)[C@H](c1ccc(OCc2ccccc2)cc1)N1CCNCC1. The summed E-state index contributed by atoms with van der Waals surface area (Å²) in [6, 6.07) is 14.3. The van der Waals surface area contributed by atoms with E-state index in [1.807, 2.05) is 30.3 Å². The van der Waals surface area contributed by atoms with Gasteiger partial charge in [-0.15, -0.1) is 12.4 Å². The Morgan fingerprint density at radius 2 is 1.58 bits per heavy atom. The standard InChI is InChI=1S/C19H21F3N2O.ClH/c20-19(21,22)18(24-12-10-23-11-13-24)16-6-8-17(9-7-16)25-14-15-4-2-1-3-5-15;/h1-9,18,23H,10-14H2;1H/t18-;/m0./s1. The van der Waals surface area contributed by atoms with Gasteiger partial charge in [-0.05, 0) is 23.3 Å². The number of benzene rings is 2. The Labute approximate surface area is 157 Å². The smallest absolute Gasteiger partial charge is 0.408 e. The molecule has 0 spiro atoms. The summed E-state index contributed by atoms with van der Waals surface area (Å²) >= 11 is 0. The summed E-state index contributed by atoms with van der Waals surface area (Å²) < 4.78 is 46.4. The van der Waals surface area contributed by atoms with Gasteiger partial charge in [0.25, 0.3) is 0 Å². The van der Waals surface area contributed by atoms with E-state index in [0.717, 1.165) is 5.56 Å². The number of halogens is 4. The molecule has 7 heteroatoms. The minimum absolute atomic E-state index is 0. The first kappa shape index (κ1) is 20.6. The van der Waals surface area contributed by atoms with Gasteiger partial charge in [0.1, 0.15) is 18.4 Å². The van der Waals surface area contributed by atoms with E-state index in [1.54, 1.807) is 12.1 Å². The van der Waals surface area contributed by atoms with Crippen LogP contribution in [-0.2, 0) is 6.61 Å². The van der Waals surface area contributed by atoms with Crippen molar-refractivity contribution >= 4 is 12.4 Å². The van der Waals surface area contributed by atoms with Gasteiger partial charge in [-0.1, -0.05) is 42.5 Å². The van der Waals surface area contributed by atoms with Crippen LogP contribution in [0.3, 0.4) is 0 Å². The number of piperazine rings is 1. The Hall–Kier alpha value is -1.76. The highest BCUT2D eigenvalue weighted by molar-refractivity contribution is 5.85. The van der Waals surface area contributed by atoms with Gasteiger partial charge < -0.3 is 10.1 Å². The Balaban J connectivity index is 0.00000243. The number of alkyl halides is 3. The molecule has 3 rings (SSSR count). The molecule has 0 unspecified atom stereocenters. The van der Waals surface area contributed by atoms with Crippen LogP contribution in [0.5, 0.6) is 5.75 Å².